The molecule has 1 saturated heterocycles. The van der Waals surface area contributed by atoms with E-state index in [-0.39, 0.29) is 5.41 Å². The molecule has 1 heterocycles. The van der Waals surface area contributed by atoms with Gasteiger partial charge < -0.3 is 10.5 Å². The lowest BCUT2D eigenvalue weighted by molar-refractivity contribution is 0.0123. The van der Waals surface area contributed by atoms with Crippen molar-refractivity contribution in [3.8, 4) is 6.07 Å². The van der Waals surface area contributed by atoms with Crippen LogP contribution < -0.4 is 5.73 Å². The number of nitrogens with zero attached hydrogens (tertiary/aromatic N) is 2. The minimum atomic E-state index is -0.205. The SMILES string of the molecule is COC1CCN(CCCC(C)(C)C#N)C(CN)C1. The molecular formula is C14H27N3O. The van der Waals surface area contributed by atoms with E-state index in [0.29, 0.717) is 18.7 Å². The maximum atomic E-state index is 9.00. The van der Waals surface area contributed by atoms with Gasteiger partial charge >= 0.3 is 0 Å². The Morgan fingerprint density at radius 2 is 2.22 bits per heavy atom. The van der Waals surface area contributed by atoms with Crippen molar-refractivity contribution in [2.45, 2.75) is 51.7 Å². The van der Waals surface area contributed by atoms with E-state index in [4.69, 9.17) is 15.7 Å². The fraction of sp³-hybridized carbons (Fsp3) is 0.929. The average molecular weight is 253 g/mol. The minimum absolute atomic E-state index is 0.205. The zero-order chi connectivity index (χ0) is 13.6. The molecule has 0 aromatic heterocycles. The van der Waals surface area contributed by atoms with Gasteiger partial charge in [-0.05, 0) is 46.1 Å². The van der Waals surface area contributed by atoms with E-state index in [9.17, 15) is 0 Å². The first-order valence-corrected chi connectivity index (χ1v) is 6.90. The predicted molar refractivity (Wildman–Crippen MR) is 73.1 cm³/mol. The molecule has 0 amide bonds. The normalized spacial score (nSPS) is 25.9. The van der Waals surface area contributed by atoms with E-state index in [1.54, 1.807) is 7.11 Å². The second-order valence-electron chi connectivity index (χ2n) is 5.91. The van der Waals surface area contributed by atoms with Crippen molar-refractivity contribution in [1.29, 1.82) is 5.26 Å². The molecule has 4 nitrogen and oxygen atoms in total. The summed E-state index contributed by atoms with van der Waals surface area (Å²) >= 11 is 0. The zero-order valence-corrected chi connectivity index (χ0v) is 12.0. The lowest BCUT2D eigenvalue weighted by Gasteiger charge is -2.38. The number of methoxy groups -OCH3 is 1. The quantitative estimate of drug-likeness (QED) is 0.783. The highest BCUT2D eigenvalue weighted by Crippen LogP contribution is 2.23. The fourth-order valence-corrected chi connectivity index (χ4v) is 2.60. The van der Waals surface area contributed by atoms with Crippen LogP contribution in [0.2, 0.25) is 0 Å². The first-order valence-electron chi connectivity index (χ1n) is 6.90. The Hall–Kier alpha value is -0.630. The van der Waals surface area contributed by atoms with E-state index in [1.807, 2.05) is 13.8 Å². The molecule has 104 valence electrons. The summed E-state index contributed by atoms with van der Waals surface area (Å²) in [5.74, 6) is 0. The molecule has 18 heavy (non-hydrogen) atoms. The first kappa shape index (κ1) is 15.4. The van der Waals surface area contributed by atoms with Gasteiger partial charge in [0.25, 0.3) is 0 Å². The molecule has 0 spiro atoms. The maximum absolute atomic E-state index is 9.00. The van der Waals surface area contributed by atoms with Crippen LogP contribution in [0.3, 0.4) is 0 Å². The highest BCUT2D eigenvalue weighted by molar-refractivity contribution is 4.92. The molecule has 1 aliphatic rings. The zero-order valence-electron chi connectivity index (χ0n) is 12.0. The summed E-state index contributed by atoms with van der Waals surface area (Å²) in [4.78, 5) is 2.46. The van der Waals surface area contributed by atoms with Crippen LogP contribution in [-0.2, 0) is 4.74 Å². The van der Waals surface area contributed by atoms with E-state index < -0.39 is 0 Å². The van der Waals surface area contributed by atoms with E-state index in [2.05, 4.69) is 11.0 Å². The molecule has 0 saturated carbocycles. The Bertz CT molecular complexity index is 285. The Morgan fingerprint density at radius 3 is 2.78 bits per heavy atom. The summed E-state index contributed by atoms with van der Waals surface area (Å²) in [7, 11) is 1.78. The molecule has 1 aliphatic heterocycles. The third-order valence-electron chi connectivity index (χ3n) is 3.94. The molecule has 1 rings (SSSR count). The minimum Gasteiger partial charge on any atom is -0.381 e. The number of nitriles is 1. The largest absolute Gasteiger partial charge is 0.381 e. The number of hydrogen-bond donors (Lipinski definition) is 1. The Morgan fingerprint density at radius 1 is 1.50 bits per heavy atom. The summed E-state index contributed by atoms with van der Waals surface area (Å²) < 4.78 is 5.42. The van der Waals surface area contributed by atoms with Crippen LogP contribution in [0.25, 0.3) is 0 Å². The van der Waals surface area contributed by atoms with Crippen molar-refractivity contribution >= 4 is 0 Å². The van der Waals surface area contributed by atoms with E-state index in [1.165, 1.54) is 0 Å². The second kappa shape index (κ2) is 7.08. The maximum Gasteiger partial charge on any atom is 0.0683 e. The summed E-state index contributed by atoms with van der Waals surface area (Å²) in [6.45, 7) is 6.81. The number of nitrogens with two attached hydrogens (primary N) is 1. The van der Waals surface area contributed by atoms with Gasteiger partial charge in [0.05, 0.1) is 17.6 Å². The van der Waals surface area contributed by atoms with Crippen molar-refractivity contribution < 1.29 is 4.74 Å². The monoisotopic (exact) mass is 253 g/mol. The number of likely N-dealkylation sites (tertiary alicyclic amines) is 1. The Balaban J connectivity index is 2.36. The molecular weight excluding hydrogens is 226 g/mol. The van der Waals surface area contributed by atoms with Gasteiger partial charge in [-0.2, -0.15) is 5.26 Å². The van der Waals surface area contributed by atoms with E-state index in [0.717, 1.165) is 38.8 Å². The number of hydrogen-bond acceptors (Lipinski definition) is 4. The van der Waals surface area contributed by atoms with Gasteiger partial charge in [-0.1, -0.05) is 0 Å². The summed E-state index contributed by atoms with van der Waals surface area (Å²) in [6, 6.07) is 2.80. The Labute approximate surface area is 111 Å². The number of piperidine rings is 1. The highest BCUT2D eigenvalue weighted by Gasteiger charge is 2.27. The second-order valence-corrected chi connectivity index (χ2v) is 5.91. The van der Waals surface area contributed by atoms with Gasteiger partial charge in [-0.25, -0.2) is 0 Å². The van der Waals surface area contributed by atoms with Gasteiger partial charge in [-0.15, -0.1) is 0 Å². The van der Waals surface area contributed by atoms with Crippen molar-refractivity contribution in [3.63, 3.8) is 0 Å². The predicted octanol–water partition coefficient (Wildman–Crippen LogP) is 1.75. The molecule has 2 N–H and O–H groups in total. The topological polar surface area (TPSA) is 62.3 Å². The van der Waals surface area contributed by atoms with Crippen LogP contribution in [0, 0.1) is 16.7 Å². The third-order valence-corrected chi connectivity index (χ3v) is 3.94. The molecule has 2 unspecified atom stereocenters. The molecule has 0 aromatic rings. The number of ether oxygens (including phenoxy) is 1. The molecule has 1 fully saturated rings. The molecule has 2 atom stereocenters. The fourth-order valence-electron chi connectivity index (χ4n) is 2.60. The van der Waals surface area contributed by atoms with Crippen LogP contribution in [-0.4, -0.2) is 43.8 Å². The van der Waals surface area contributed by atoms with Gasteiger partial charge in [0.15, 0.2) is 0 Å². The van der Waals surface area contributed by atoms with Gasteiger partial charge in [0, 0.05) is 26.2 Å². The number of rotatable bonds is 6. The smallest absolute Gasteiger partial charge is 0.0683 e. The van der Waals surface area contributed by atoms with Crippen molar-refractivity contribution in [2.75, 3.05) is 26.7 Å². The summed E-state index contributed by atoms with van der Waals surface area (Å²) in [5, 5.41) is 9.00. The molecule has 0 bridgehead atoms. The van der Waals surface area contributed by atoms with Crippen LogP contribution in [0.4, 0.5) is 0 Å². The van der Waals surface area contributed by atoms with E-state index >= 15 is 0 Å². The lowest BCUT2D eigenvalue weighted by Crippen LogP contribution is -2.48. The molecule has 0 aliphatic carbocycles. The molecule has 0 radical (unpaired) electrons. The van der Waals surface area contributed by atoms with Gasteiger partial charge in [0.2, 0.25) is 0 Å². The van der Waals surface area contributed by atoms with Crippen molar-refractivity contribution in [2.24, 2.45) is 11.1 Å². The Kier molecular flexibility index (Phi) is 6.07. The van der Waals surface area contributed by atoms with Gasteiger partial charge in [0.1, 0.15) is 0 Å². The van der Waals surface area contributed by atoms with Crippen LogP contribution in [0.1, 0.15) is 39.5 Å². The first-order chi connectivity index (χ1) is 8.52. The average Bonchev–Trinajstić information content (AvgIpc) is 2.38. The van der Waals surface area contributed by atoms with Crippen molar-refractivity contribution in [3.05, 3.63) is 0 Å². The van der Waals surface area contributed by atoms with Gasteiger partial charge in [-0.3, -0.25) is 4.90 Å². The van der Waals surface area contributed by atoms with Crippen LogP contribution in [0.5, 0.6) is 0 Å². The molecule has 4 heteroatoms. The van der Waals surface area contributed by atoms with Crippen LogP contribution >= 0.6 is 0 Å². The highest BCUT2D eigenvalue weighted by atomic mass is 16.5. The summed E-state index contributed by atoms with van der Waals surface area (Å²) in [6.07, 6.45) is 4.51. The van der Waals surface area contributed by atoms with Crippen LogP contribution in [0.15, 0.2) is 0 Å². The molecule has 0 aromatic carbocycles. The third kappa shape index (κ3) is 4.56. The standard InChI is InChI=1S/C14H27N3O/c1-14(2,11-16)6-4-7-17-8-5-13(18-3)9-12(17)10-15/h12-13H,4-10,15H2,1-3H3. The van der Waals surface area contributed by atoms with Crippen molar-refractivity contribution in [1.82, 2.24) is 4.90 Å². The summed E-state index contributed by atoms with van der Waals surface area (Å²) in [5.41, 5.74) is 5.64. The lowest BCUT2D eigenvalue weighted by atomic mass is 9.89.